The van der Waals surface area contributed by atoms with Crippen molar-refractivity contribution in [3.8, 4) is 0 Å². The van der Waals surface area contributed by atoms with Crippen molar-refractivity contribution in [3.05, 3.63) is 35.5 Å². The van der Waals surface area contributed by atoms with Gasteiger partial charge in [-0.15, -0.1) is 0 Å². The van der Waals surface area contributed by atoms with Crippen LogP contribution < -0.4 is 0 Å². The maximum absolute atomic E-state index is 12.5. The lowest BCUT2D eigenvalue weighted by Gasteiger charge is -2.26. The van der Waals surface area contributed by atoms with Crippen LogP contribution in [-0.4, -0.2) is 42.1 Å². The molecule has 1 aliphatic rings. The summed E-state index contributed by atoms with van der Waals surface area (Å²) in [7, 11) is -3.93. The second-order valence-electron chi connectivity index (χ2n) is 4.50. The molecule has 0 radical (unpaired) electrons. The Morgan fingerprint density at radius 2 is 2.05 bits per heavy atom. The van der Waals surface area contributed by atoms with Gasteiger partial charge in [0.25, 0.3) is 10.0 Å². The minimum absolute atomic E-state index is 0.239. The summed E-state index contributed by atoms with van der Waals surface area (Å²) < 4.78 is 62.9. The fourth-order valence-electron chi connectivity index (χ4n) is 1.92. The molecule has 5 nitrogen and oxygen atoms in total. The Balaban J connectivity index is 2.20. The Hall–Kier alpha value is -1.45. The molecule has 0 amide bonds. The van der Waals surface area contributed by atoms with Crippen LogP contribution in [0.15, 0.2) is 35.0 Å². The van der Waals surface area contributed by atoms with E-state index in [1.165, 1.54) is 18.3 Å². The minimum Gasteiger partial charge on any atom is -0.392 e. The van der Waals surface area contributed by atoms with E-state index in [1.807, 2.05) is 0 Å². The lowest BCUT2D eigenvalue weighted by atomic mass is 10.1. The van der Waals surface area contributed by atoms with E-state index < -0.39 is 21.8 Å². The topological polar surface area (TPSA) is 70.5 Å². The second kappa shape index (κ2) is 5.74. The molecule has 0 spiro atoms. The van der Waals surface area contributed by atoms with Crippen LogP contribution in [0.25, 0.3) is 0 Å². The van der Waals surface area contributed by atoms with Crippen molar-refractivity contribution in [3.63, 3.8) is 0 Å². The Morgan fingerprint density at radius 3 is 2.48 bits per heavy atom. The SMILES string of the molecule is O=S(=O)(c1ccc(CO)cn1)N1CC=C(C(F)(F)F)CC1. The number of halogens is 3. The number of aromatic nitrogens is 1. The molecule has 1 aliphatic heterocycles. The molecule has 0 bridgehead atoms. The fourth-order valence-corrected chi connectivity index (χ4v) is 3.21. The molecule has 0 atom stereocenters. The van der Waals surface area contributed by atoms with Gasteiger partial charge in [0, 0.05) is 24.9 Å². The molecule has 1 N–H and O–H groups in total. The Kier molecular flexibility index (Phi) is 4.35. The van der Waals surface area contributed by atoms with Gasteiger partial charge in [0.15, 0.2) is 5.03 Å². The van der Waals surface area contributed by atoms with E-state index >= 15 is 0 Å². The van der Waals surface area contributed by atoms with Gasteiger partial charge in [-0.1, -0.05) is 12.1 Å². The third-order valence-electron chi connectivity index (χ3n) is 3.12. The van der Waals surface area contributed by atoms with Gasteiger partial charge in [0.05, 0.1) is 6.61 Å². The largest absolute Gasteiger partial charge is 0.412 e. The number of pyridine rings is 1. The maximum Gasteiger partial charge on any atom is 0.412 e. The minimum atomic E-state index is -4.42. The standard InChI is InChI=1S/C12H13F3N2O3S/c13-12(14,15)10-3-5-17(6-4-10)21(19,20)11-2-1-9(8-18)7-16-11/h1-3,7,18H,4-6,8H2. The van der Waals surface area contributed by atoms with Gasteiger partial charge in [-0.2, -0.15) is 17.5 Å². The monoisotopic (exact) mass is 322 g/mol. The van der Waals surface area contributed by atoms with E-state index in [0.29, 0.717) is 5.56 Å². The van der Waals surface area contributed by atoms with Gasteiger partial charge >= 0.3 is 6.18 Å². The van der Waals surface area contributed by atoms with Crippen LogP contribution >= 0.6 is 0 Å². The Labute approximate surface area is 119 Å². The summed E-state index contributed by atoms with van der Waals surface area (Å²) in [5.41, 5.74) is -0.260. The molecule has 2 rings (SSSR count). The van der Waals surface area contributed by atoms with Crippen molar-refractivity contribution in [1.82, 2.24) is 9.29 Å². The van der Waals surface area contributed by atoms with Gasteiger partial charge < -0.3 is 5.11 Å². The van der Waals surface area contributed by atoms with Crippen LogP contribution in [0.1, 0.15) is 12.0 Å². The van der Waals surface area contributed by atoms with Crippen molar-refractivity contribution >= 4 is 10.0 Å². The number of nitrogens with zero attached hydrogens (tertiary/aromatic N) is 2. The smallest absolute Gasteiger partial charge is 0.392 e. The average Bonchev–Trinajstić information content (AvgIpc) is 2.46. The molecule has 21 heavy (non-hydrogen) atoms. The van der Waals surface area contributed by atoms with E-state index in [4.69, 9.17) is 5.11 Å². The Morgan fingerprint density at radius 1 is 1.33 bits per heavy atom. The summed E-state index contributed by atoms with van der Waals surface area (Å²) in [6.45, 7) is -0.841. The summed E-state index contributed by atoms with van der Waals surface area (Å²) in [6.07, 6.45) is -2.70. The molecule has 0 saturated carbocycles. The van der Waals surface area contributed by atoms with Crippen LogP contribution in [0, 0.1) is 0 Å². The summed E-state index contributed by atoms with van der Waals surface area (Å²) in [6, 6.07) is 2.63. The van der Waals surface area contributed by atoms with E-state index in [0.717, 1.165) is 10.4 Å². The van der Waals surface area contributed by atoms with E-state index in [1.54, 1.807) is 0 Å². The molecule has 0 saturated heterocycles. The zero-order valence-electron chi connectivity index (χ0n) is 10.8. The van der Waals surface area contributed by atoms with E-state index in [-0.39, 0.29) is 31.1 Å². The van der Waals surface area contributed by atoms with Gasteiger partial charge in [0.2, 0.25) is 0 Å². The lowest BCUT2D eigenvalue weighted by molar-refractivity contribution is -0.0953. The van der Waals surface area contributed by atoms with Gasteiger partial charge in [-0.3, -0.25) is 0 Å². The summed E-state index contributed by atoms with van der Waals surface area (Å²) >= 11 is 0. The summed E-state index contributed by atoms with van der Waals surface area (Å²) in [5.74, 6) is 0. The zero-order chi connectivity index (χ0) is 15.7. The molecule has 1 aromatic rings. The predicted octanol–water partition coefficient (Wildman–Crippen LogP) is 1.46. The quantitative estimate of drug-likeness (QED) is 0.855. The second-order valence-corrected chi connectivity index (χ2v) is 6.39. The van der Waals surface area contributed by atoms with E-state index in [9.17, 15) is 21.6 Å². The van der Waals surface area contributed by atoms with Gasteiger partial charge in [-0.05, 0) is 18.1 Å². The number of hydrogen-bond donors (Lipinski definition) is 1. The molecule has 0 aliphatic carbocycles. The first-order valence-corrected chi connectivity index (χ1v) is 7.51. The molecular weight excluding hydrogens is 309 g/mol. The highest BCUT2D eigenvalue weighted by Crippen LogP contribution is 2.31. The normalized spacial score (nSPS) is 17.6. The molecule has 9 heteroatoms. The molecular formula is C12H13F3N2O3S. The number of rotatable bonds is 3. The molecule has 0 aromatic carbocycles. The number of alkyl halides is 3. The van der Waals surface area contributed by atoms with Crippen LogP contribution in [-0.2, 0) is 16.6 Å². The number of sulfonamides is 1. The zero-order valence-corrected chi connectivity index (χ0v) is 11.7. The predicted molar refractivity (Wildman–Crippen MR) is 67.7 cm³/mol. The van der Waals surface area contributed by atoms with Crippen LogP contribution in [0.5, 0.6) is 0 Å². The van der Waals surface area contributed by atoms with Gasteiger partial charge in [-0.25, -0.2) is 13.4 Å². The lowest BCUT2D eigenvalue weighted by Crippen LogP contribution is -2.37. The van der Waals surface area contributed by atoms with Crippen molar-refractivity contribution in [2.45, 2.75) is 24.2 Å². The molecule has 0 unspecified atom stereocenters. The maximum atomic E-state index is 12.5. The first-order chi connectivity index (χ1) is 9.75. The van der Waals surface area contributed by atoms with Crippen molar-refractivity contribution in [2.24, 2.45) is 0 Å². The molecule has 2 heterocycles. The van der Waals surface area contributed by atoms with Crippen LogP contribution in [0.2, 0.25) is 0 Å². The first kappa shape index (κ1) is 15.9. The fraction of sp³-hybridized carbons (Fsp3) is 0.417. The third-order valence-corrected chi connectivity index (χ3v) is 4.90. The molecule has 116 valence electrons. The number of aliphatic hydroxyl groups is 1. The van der Waals surface area contributed by atoms with Crippen molar-refractivity contribution in [2.75, 3.05) is 13.1 Å². The summed E-state index contributed by atoms with van der Waals surface area (Å²) in [5, 5.41) is 8.62. The summed E-state index contributed by atoms with van der Waals surface area (Å²) in [4.78, 5) is 3.73. The number of hydrogen-bond acceptors (Lipinski definition) is 4. The average molecular weight is 322 g/mol. The first-order valence-electron chi connectivity index (χ1n) is 6.07. The van der Waals surface area contributed by atoms with Gasteiger partial charge in [0.1, 0.15) is 0 Å². The van der Waals surface area contributed by atoms with Crippen molar-refractivity contribution in [1.29, 1.82) is 0 Å². The highest BCUT2D eigenvalue weighted by molar-refractivity contribution is 7.89. The van der Waals surface area contributed by atoms with E-state index in [2.05, 4.69) is 4.98 Å². The van der Waals surface area contributed by atoms with Crippen LogP contribution in [0.4, 0.5) is 13.2 Å². The highest BCUT2D eigenvalue weighted by Gasteiger charge is 2.37. The third kappa shape index (κ3) is 3.42. The Bertz CT molecular complexity index is 639. The number of aliphatic hydroxyl groups excluding tert-OH is 1. The molecule has 1 aromatic heterocycles. The molecule has 0 fully saturated rings. The van der Waals surface area contributed by atoms with Crippen LogP contribution in [0.3, 0.4) is 0 Å². The van der Waals surface area contributed by atoms with Crippen molar-refractivity contribution < 1.29 is 26.7 Å². The highest BCUT2D eigenvalue weighted by atomic mass is 32.2.